The molecular weight excluding hydrogens is 530 g/mol. The predicted molar refractivity (Wildman–Crippen MR) is 152 cm³/mol. The van der Waals surface area contributed by atoms with E-state index in [0.29, 0.717) is 18.1 Å². The van der Waals surface area contributed by atoms with Gasteiger partial charge in [0, 0.05) is 48.3 Å². The second kappa shape index (κ2) is 14.1. The summed E-state index contributed by atoms with van der Waals surface area (Å²) in [4.78, 5) is 36.9. The molecule has 212 valence electrons. The molecule has 0 spiro atoms. The Kier molecular flexibility index (Phi) is 10.0. The number of rotatable bonds is 11. The molecule has 4 aromatic rings. The first-order chi connectivity index (χ1) is 19.9. The number of pyridine rings is 2. The second-order valence-electron chi connectivity index (χ2n) is 9.35. The Labute approximate surface area is 235 Å². The third-order valence-electron chi connectivity index (χ3n) is 6.34. The third-order valence-corrected chi connectivity index (χ3v) is 6.34. The Balaban J connectivity index is 1.66. The van der Waals surface area contributed by atoms with Gasteiger partial charge in [-0.25, -0.2) is 13.8 Å². The average Bonchev–Trinajstić information content (AvgIpc) is 2.97. The van der Waals surface area contributed by atoms with E-state index in [2.05, 4.69) is 22.1 Å². The van der Waals surface area contributed by atoms with Crippen LogP contribution in [0.1, 0.15) is 59.2 Å². The normalized spacial score (nSPS) is 10.7. The van der Waals surface area contributed by atoms with Crippen molar-refractivity contribution in [2.75, 3.05) is 12.3 Å². The largest absolute Gasteiger partial charge is 0.404 e. The lowest BCUT2D eigenvalue weighted by atomic mass is 10.1. The van der Waals surface area contributed by atoms with Gasteiger partial charge >= 0.3 is 0 Å². The van der Waals surface area contributed by atoms with Crippen molar-refractivity contribution in [1.29, 1.82) is 0 Å². The number of halogens is 2. The van der Waals surface area contributed by atoms with Crippen LogP contribution in [0.3, 0.4) is 0 Å². The fourth-order valence-corrected chi connectivity index (χ4v) is 4.16. The number of anilines is 1. The van der Waals surface area contributed by atoms with Crippen molar-refractivity contribution in [3.05, 3.63) is 105 Å². The van der Waals surface area contributed by atoms with Crippen LogP contribution in [0.25, 0.3) is 11.0 Å². The van der Waals surface area contributed by atoms with E-state index < -0.39 is 28.7 Å². The van der Waals surface area contributed by atoms with Gasteiger partial charge in [-0.3, -0.25) is 9.59 Å². The Hall–Kier alpha value is -4.75. The van der Waals surface area contributed by atoms with Gasteiger partial charge in [0.25, 0.3) is 11.5 Å². The van der Waals surface area contributed by atoms with Gasteiger partial charge in [0.15, 0.2) is 5.65 Å². The minimum atomic E-state index is -0.852. The number of nitrogens with one attached hydrogen (secondary N) is 1. The maximum Gasteiger partial charge on any atom is 0.300 e. The topological polar surface area (TPSA) is 119 Å². The van der Waals surface area contributed by atoms with Crippen molar-refractivity contribution in [3.8, 4) is 11.8 Å². The highest BCUT2D eigenvalue weighted by atomic mass is 19.1. The van der Waals surface area contributed by atoms with E-state index in [0.717, 1.165) is 42.0 Å². The van der Waals surface area contributed by atoms with Crippen LogP contribution in [0.5, 0.6) is 0 Å². The summed E-state index contributed by atoms with van der Waals surface area (Å²) in [7, 11) is 0. The number of carbonyl (C=O) groups is 1. The van der Waals surface area contributed by atoms with Gasteiger partial charge in [-0.2, -0.15) is 0 Å². The average molecular weight is 561 g/mol. The quantitative estimate of drug-likeness (QED) is 0.188. The van der Waals surface area contributed by atoms with Gasteiger partial charge in [-0.1, -0.05) is 61.1 Å². The summed E-state index contributed by atoms with van der Waals surface area (Å²) in [6.45, 7) is -0.102. The van der Waals surface area contributed by atoms with E-state index in [1.807, 2.05) is 30.3 Å². The van der Waals surface area contributed by atoms with Crippen LogP contribution < -0.4 is 21.4 Å². The number of aliphatic hydroxyl groups is 1. The first-order valence-electron chi connectivity index (χ1n) is 13.2. The summed E-state index contributed by atoms with van der Waals surface area (Å²) < 4.78 is 28.3. The number of carbonyl (C=O) groups excluding carboxylic acids is 1. The van der Waals surface area contributed by atoms with Crippen molar-refractivity contribution in [2.45, 2.75) is 45.3 Å². The molecule has 1 amide bonds. The van der Waals surface area contributed by atoms with E-state index in [9.17, 15) is 18.4 Å². The molecular formula is C31H30F2N4O4. The van der Waals surface area contributed by atoms with E-state index in [-0.39, 0.29) is 42.0 Å². The van der Waals surface area contributed by atoms with Crippen molar-refractivity contribution >= 4 is 22.6 Å². The number of fused-ring (bicyclic) bond motifs is 1. The van der Waals surface area contributed by atoms with Gasteiger partial charge in [0.05, 0.1) is 5.69 Å². The molecule has 8 nitrogen and oxygen atoms in total. The molecule has 2 heterocycles. The molecule has 0 aliphatic carbocycles. The molecule has 4 N–H and O–H groups in total. The van der Waals surface area contributed by atoms with Crippen LogP contribution >= 0.6 is 0 Å². The fraction of sp³-hybridized carbons (Fsp3) is 0.258. The SMILES string of the molecule is Nc1c(C(=O)NCc2ccc(F)cc2F)c(=O)n(OCc2ccccc2)c2ncc(C#CCCCCCCO)cc12. The number of aliphatic hydroxyl groups excluding tert-OH is 1. The number of nitrogens with zero attached hydrogens (tertiary/aromatic N) is 2. The molecule has 0 aliphatic rings. The van der Waals surface area contributed by atoms with E-state index in [4.69, 9.17) is 15.7 Å². The van der Waals surface area contributed by atoms with Crippen LogP contribution in [0.15, 0.2) is 65.6 Å². The molecule has 0 fully saturated rings. The maximum atomic E-state index is 14.1. The molecule has 0 unspecified atom stereocenters. The highest BCUT2D eigenvalue weighted by Crippen LogP contribution is 2.22. The van der Waals surface area contributed by atoms with E-state index in [1.54, 1.807) is 6.07 Å². The zero-order valence-electron chi connectivity index (χ0n) is 22.3. The van der Waals surface area contributed by atoms with Gasteiger partial charge in [0.1, 0.15) is 23.8 Å². The number of benzene rings is 2. The number of amides is 1. The molecule has 0 aliphatic heterocycles. The van der Waals surface area contributed by atoms with Crippen molar-refractivity contribution in [2.24, 2.45) is 0 Å². The zero-order chi connectivity index (χ0) is 29.2. The Bertz CT molecular complexity index is 1650. The van der Waals surface area contributed by atoms with Crippen LogP contribution in [0, 0.1) is 23.5 Å². The first-order valence-corrected chi connectivity index (χ1v) is 13.2. The van der Waals surface area contributed by atoms with Crippen LogP contribution in [-0.4, -0.2) is 27.3 Å². The van der Waals surface area contributed by atoms with Crippen LogP contribution in [0.2, 0.25) is 0 Å². The van der Waals surface area contributed by atoms with Crippen molar-refractivity contribution in [1.82, 2.24) is 15.0 Å². The maximum absolute atomic E-state index is 14.1. The second-order valence-corrected chi connectivity index (χ2v) is 9.35. The summed E-state index contributed by atoms with van der Waals surface area (Å²) in [5, 5.41) is 11.7. The predicted octanol–water partition coefficient (Wildman–Crippen LogP) is 4.11. The fourth-order valence-electron chi connectivity index (χ4n) is 4.16. The molecule has 2 aromatic carbocycles. The number of hydrogen-bond acceptors (Lipinski definition) is 6. The summed E-state index contributed by atoms with van der Waals surface area (Å²) in [5.41, 5.74) is 6.45. The van der Waals surface area contributed by atoms with Crippen molar-refractivity contribution < 1.29 is 23.5 Å². The van der Waals surface area contributed by atoms with Gasteiger partial charge in [0.2, 0.25) is 0 Å². The Morgan fingerprint density at radius 1 is 1.07 bits per heavy atom. The highest BCUT2D eigenvalue weighted by molar-refractivity contribution is 6.05. The minimum Gasteiger partial charge on any atom is -0.404 e. The number of aromatic nitrogens is 2. The number of nitrogen functional groups attached to an aromatic ring is 1. The lowest BCUT2D eigenvalue weighted by molar-refractivity contribution is 0.0898. The summed E-state index contributed by atoms with van der Waals surface area (Å²) in [5.74, 6) is 3.69. The monoisotopic (exact) mass is 560 g/mol. The first kappa shape index (κ1) is 29.2. The molecule has 0 bridgehead atoms. The standard InChI is InChI=1S/C31H30F2N4O4/c32-24-14-13-23(26(33)17-24)19-36-30(39)27-28(34)25-16-22(12-6-3-1-2-4-9-15-38)18-35-29(25)37(31(27)40)41-20-21-10-7-5-8-11-21/h5,7-8,10-11,13-14,16-18,38H,1-4,9,15,19-20,34H2,(H,36,39). The molecule has 4 rings (SSSR count). The molecule has 41 heavy (non-hydrogen) atoms. The molecule has 0 saturated heterocycles. The lowest BCUT2D eigenvalue weighted by Crippen LogP contribution is -2.37. The van der Waals surface area contributed by atoms with Gasteiger partial charge < -0.3 is 21.0 Å². The minimum absolute atomic E-state index is 0.0150. The number of nitrogens with two attached hydrogens (primary N) is 1. The van der Waals surface area contributed by atoms with E-state index in [1.165, 1.54) is 12.3 Å². The highest BCUT2D eigenvalue weighted by Gasteiger charge is 2.23. The van der Waals surface area contributed by atoms with Crippen molar-refractivity contribution in [3.63, 3.8) is 0 Å². The molecule has 0 radical (unpaired) electrons. The summed E-state index contributed by atoms with van der Waals surface area (Å²) in [6, 6.07) is 13.8. The molecule has 10 heteroatoms. The third kappa shape index (κ3) is 7.47. The van der Waals surface area contributed by atoms with E-state index >= 15 is 0 Å². The smallest absolute Gasteiger partial charge is 0.300 e. The molecule has 2 aromatic heterocycles. The number of unbranched alkanes of at least 4 members (excludes halogenated alkanes) is 4. The summed E-state index contributed by atoms with van der Waals surface area (Å²) >= 11 is 0. The Morgan fingerprint density at radius 3 is 2.61 bits per heavy atom. The Morgan fingerprint density at radius 2 is 1.85 bits per heavy atom. The summed E-state index contributed by atoms with van der Waals surface area (Å²) in [6.07, 6.45) is 5.71. The van der Waals surface area contributed by atoms with Gasteiger partial charge in [-0.15, -0.1) is 4.73 Å². The number of hydrogen-bond donors (Lipinski definition) is 3. The zero-order valence-corrected chi connectivity index (χ0v) is 22.3. The molecule has 0 saturated carbocycles. The molecule has 0 atom stereocenters. The van der Waals surface area contributed by atoms with Crippen LogP contribution in [0.4, 0.5) is 14.5 Å². The lowest BCUT2D eigenvalue weighted by Gasteiger charge is -2.16. The van der Waals surface area contributed by atoms with Gasteiger partial charge in [-0.05, 0) is 30.5 Å². The van der Waals surface area contributed by atoms with Crippen LogP contribution in [-0.2, 0) is 13.2 Å².